The number of nitrogens with zero attached hydrogens (tertiary/aromatic N) is 1. The first-order chi connectivity index (χ1) is 13.1. The fourth-order valence-electron chi connectivity index (χ4n) is 2.70. The zero-order chi connectivity index (χ0) is 19.2. The molecule has 0 aliphatic carbocycles. The zero-order valence-corrected chi connectivity index (χ0v) is 15.1. The molecule has 0 atom stereocenters. The van der Waals surface area contributed by atoms with E-state index in [4.69, 9.17) is 4.74 Å². The van der Waals surface area contributed by atoms with Gasteiger partial charge in [-0.1, -0.05) is 24.3 Å². The summed E-state index contributed by atoms with van der Waals surface area (Å²) in [4.78, 5) is 27.2. The van der Waals surface area contributed by atoms with Gasteiger partial charge in [0.05, 0.1) is 19.9 Å². The number of hydrogen-bond donors (Lipinski definition) is 3. The molecule has 7 nitrogen and oxygen atoms in total. The first kappa shape index (κ1) is 18.2. The van der Waals surface area contributed by atoms with Crippen molar-refractivity contribution in [2.24, 2.45) is 5.10 Å². The Morgan fingerprint density at radius 2 is 2.00 bits per heavy atom. The Balaban J connectivity index is 1.55. The van der Waals surface area contributed by atoms with Gasteiger partial charge in [0.15, 0.2) is 0 Å². The van der Waals surface area contributed by atoms with Crippen molar-refractivity contribution in [1.82, 2.24) is 15.7 Å². The summed E-state index contributed by atoms with van der Waals surface area (Å²) in [6.45, 7) is 1.76. The van der Waals surface area contributed by atoms with Crippen molar-refractivity contribution in [3.05, 3.63) is 65.4 Å². The lowest BCUT2D eigenvalue weighted by atomic mass is 10.1. The van der Waals surface area contributed by atoms with Gasteiger partial charge in [0.25, 0.3) is 11.8 Å². The van der Waals surface area contributed by atoms with Gasteiger partial charge in [0, 0.05) is 27.7 Å². The number of hydrogen-bond acceptors (Lipinski definition) is 4. The molecule has 2 aromatic carbocycles. The Morgan fingerprint density at radius 3 is 2.81 bits per heavy atom. The fraction of sp³-hybridized carbons (Fsp3) is 0.150. The molecule has 27 heavy (non-hydrogen) atoms. The molecule has 7 heteroatoms. The first-order valence-electron chi connectivity index (χ1n) is 8.40. The molecule has 0 spiro atoms. The number of para-hydroxylation sites is 1. The Hall–Kier alpha value is -3.61. The number of fused-ring (bicyclic) bond motifs is 1. The molecular weight excluding hydrogens is 344 g/mol. The van der Waals surface area contributed by atoms with Crippen LogP contribution in [0, 0.1) is 6.92 Å². The van der Waals surface area contributed by atoms with Crippen molar-refractivity contribution < 1.29 is 14.3 Å². The summed E-state index contributed by atoms with van der Waals surface area (Å²) >= 11 is 0. The molecule has 0 unspecified atom stereocenters. The fourth-order valence-corrected chi connectivity index (χ4v) is 2.70. The van der Waals surface area contributed by atoms with Crippen molar-refractivity contribution in [2.75, 3.05) is 13.7 Å². The van der Waals surface area contributed by atoms with Crippen molar-refractivity contribution in [3.8, 4) is 5.75 Å². The smallest absolute Gasteiger partial charge is 0.259 e. The molecule has 0 bridgehead atoms. The van der Waals surface area contributed by atoms with Crippen LogP contribution in [0.3, 0.4) is 0 Å². The number of carbonyl (C=O) groups excluding carboxylic acids is 2. The van der Waals surface area contributed by atoms with Crippen LogP contribution in [0.2, 0.25) is 0 Å². The molecular formula is C20H20N4O3. The number of H-pyrrole nitrogens is 1. The van der Waals surface area contributed by atoms with Gasteiger partial charge in [0.1, 0.15) is 5.75 Å². The minimum Gasteiger partial charge on any atom is -0.497 e. The molecule has 0 radical (unpaired) electrons. The lowest BCUT2D eigenvalue weighted by Crippen LogP contribution is -2.34. The van der Waals surface area contributed by atoms with E-state index < -0.39 is 5.91 Å². The number of aromatic nitrogens is 1. The topological polar surface area (TPSA) is 95.6 Å². The van der Waals surface area contributed by atoms with E-state index in [-0.39, 0.29) is 12.5 Å². The molecule has 0 aliphatic rings. The number of amides is 2. The van der Waals surface area contributed by atoms with Crippen molar-refractivity contribution in [1.29, 1.82) is 0 Å². The summed E-state index contributed by atoms with van der Waals surface area (Å²) in [5, 5.41) is 7.56. The summed E-state index contributed by atoms with van der Waals surface area (Å²) in [6, 6.07) is 14.6. The highest BCUT2D eigenvalue weighted by Gasteiger charge is 2.09. The second kappa shape index (κ2) is 8.18. The van der Waals surface area contributed by atoms with E-state index in [1.165, 1.54) is 7.11 Å². The summed E-state index contributed by atoms with van der Waals surface area (Å²) in [5.74, 6) is -0.203. The number of nitrogens with one attached hydrogen (secondary N) is 3. The minimum absolute atomic E-state index is 0.180. The van der Waals surface area contributed by atoms with Crippen LogP contribution >= 0.6 is 0 Å². The van der Waals surface area contributed by atoms with Gasteiger partial charge in [-0.05, 0) is 31.2 Å². The summed E-state index contributed by atoms with van der Waals surface area (Å²) in [6.07, 6.45) is 1.59. The summed E-state index contributed by atoms with van der Waals surface area (Å²) in [7, 11) is 1.53. The molecule has 0 aliphatic heterocycles. The van der Waals surface area contributed by atoms with E-state index in [9.17, 15) is 9.59 Å². The Morgan fingerprint density at radius 1 is 1.19 bits per heavy atom. The molecule has 1 heterocycles. The second-order valence-electron chi connectivity index (χ2n) is 5.92. The third kappa shape index (κ3) is 4.33. The maximum absolute atomic E-state index is 12.1. The van der Waals surface area contributed by atoms with E-state index in [0.29, 0.717) is 11.3 Å². The molecule has 138 valence electrons. The third-order valence-electron chi connectivity index (χ3n) is 4.07. The number of rotatable bonds is 6. The minimum atomic E-state index is -0.417. The lowest BCUT2D eigenvalue weighted by Gasteiger charge is -2.06. The van der Waals surface area contributed by atoms with Gasteiger partial charge in [0.2, 0.25) is 0 Å². The van der Waals surface area contributed by atoms with E-state index >= 15 is 0 Å². The SMILES string of the molecule is COc1cccc(C(=O)NCC(=O)N/N=C\c2c(C)[nH]c3ccccc23)c1. The van der Waals surface area contributed by atoms with Gasteiger partial charge in [-0.25, -0.2) is 5.43 Å². The highest BCUT2D eigenvalue weighted by molar-refractivity contribution is 6.01. The lowest BCUT2D eigenvalue weighted by molar-refractivity contribution is -0.120. The number of ether oxygens (including phenoxy) is 1. The number of methoxy groups -OCH3 is 1. The molecule has 3 N–H and O–H groups in total. The number of carbonyl (C=O) groups is 2. The molecule has 0 saturated carbocycles. The zero-order valence-electron chi connectivity index (χ0n) is 15.1. The van der Waals surface area contributed by atoms with Crippen LogP contribution in [0.4, 0.5) is 0 Å². The average molecular weight is 364 g/mol. The number of hydrazone groups is 1. The number of benzene rings is 2. The summed E-state index contributed by atoms with van der Waals surface area (Å²) in [5.41, 5.74) is 5.71. The van der Waals surface area contributed by atoms with Crippen LogP contribution in [0.5, 0.6) is 5.75 Å². The maximum Gasteiger partial charge on any atom is 0.259 e. The molecule has 1 aromatic heterocycles. The van der Waals surface area contributed by atoms with Crippen molar-refractivity contribution >= 4 is 28.9 Å². The predicted octanol–water partition coefficient (Wildman–Crippen LogP) is 2.37. The largest absolute Gasteiger partial charge is 0.497 e. The summed E-state index contributed by atoms with van der Waals surface area (Å²) < 4.78 is 5.08. The monoisotopic (exact) mass is 364 g/mol. The third-order valence-corrected chi connectivity index (χ3v) is 4.07. The van der Waals surface area contributed by atoms with E-state index in [0.717, 1.165) is 22.2 Å². The van der Waals surface area contributed by atoms with Gasteiger partial charge >= 0.3 is 0 Å². The highest BCUT2D eigenvalue weighted by Crippen LogP contribution is 2.19. The Bertz CT molecular complexity index is 1010. The van der Waals surface area contributed by atoms with Crippen LogP contribution in [0.15, 0.2) is 53.6 Å². The van der Waals surface area contributed by atoms with E-state index in [1.807, 2.05) is 31.2 Å². The second-order valence-corrected chi connectivity index (χ2v) is 5.92. The molecule has 2 amide bonds. The Labute approximate surface area is 156 Å². The van der Waals surface area contributed by atoms with Crippen LogP contribution in [-0.2, 0) is 4.79 Å². The predicted molar refractivity (Wildman–Crippen MR) is 104 cm³/mol. The molecule has 3 rings (SSSR count). The van der Waals surface area contributed by atoms with Gasteiger partial charge in [-0.15, -0.1) is 0 Å². The molecule has 3 aromatic rings. The van der Waals surface area contributed by atoms with E-state index in [2.05, 4.69) is 20.8 Å². The van der Waals surface area contributed by atoms with E-state index in [1.54, 1.807) is 30.5 Å². The van der Waals surface area contributed by atoms with Crippen LogP contribution in [-0.4, -0.2) is 36.7 Å². The van der Waals surface area contributed by atoms with Gasteiger partial charge in [-0.2, -0.15) is 5.10 Å². The first-order valence-corrected chi connectivity index (χ1v) is 8.40. The highest BCUT2D eigenvalue weighted by atomic mass is 16.5. The number of aryl methyl sites for hydroxylation is 1. The van der Waals surface area contributed by atoms with Crippen molar-refractivity contribution in [2.45, 2.75) is 6.92 Å². The molecule has 0 fully saturated rings. The maximum atomic E-state index is 12.1. The van der Waals surface area contributed by atoms with Gasteiger partial charge in [-0.3, -0.25) is 9.59 Å². The van der Waals surface area contributed by atoms with Crippen LogP contribution in [0.25, 0.3) is 10.9 Å². The van der Waals surface area contributed by atoms with Gasteiger partial charge < -0.3 is 15.0 Å². The average Bonchev–Trinajstić information content (AvgIpc) is 3.01. The normalized spacial score (nSPS) is 10.9. The van der Waals surface area contributed by atoms with Crippen LogP contribution in [0.1, 0.15) is 21.6 Å². The molecule has 0 saturated heterocycles. The van der Waals surface area contributed by atoms with Crippen molar-refractivity contribution in [3.63, 3.8) is 0 Å². The quantitative estimate of drug-likeness (QED) is 0.463. The Kier molecular flexibility index (Phi) is 5.51. The number of aromatic amines is 1. The standard InChI is InChI=1S/C20H20N4O3/c1-13-17(16-8-3-4-9-18(16)23-13)11-22-24-19(25)12-21-20(26)14-6-5-7-15(10-14)27-2/h3-11,23H,12H2,1-2H3,(H,21,26)(H,24,25)/b22-11-. The van der Waals surface area contributed by atoms with Crippen LogP contribution < -0.4 is 15.5 Å².